The molecular formula is C17H16ClN3OS. The molecule has 0 spiro atoms. The van der Waals surface area contributed by atoms with E-state index in [4.69, 9.17) is 23.8 Å². The van der Waals surface area contributed by atoms with Crippen molar-refractivity contribution >= 4 is 46.2 Å². The van der Waals surface area contributed by atoms with Crippen molar-refractivity contribution in [3.63, 3.8) is 0 Å². The number of carbonyl (C=O) groups is 1. The Hall–Kier alpha value is -2.11. The Morgan fingerprint density at radius 3 is 2.48 bits per heavy atom. The number of hydrogen-bond donors (Lipinski definition) is 1. The summed E-state index contributed by atoms with van der Waals surface area (Å²) in [7, 11) is 0. The Bertz CT molecular complexity index is 720. The lowest BCUT2D eigenvalue weighted by atomic mass is 10.2. The molecule has 0 aromatic heterocycles. The van der Waals surface area contributed by atoms with E-state index in [1.54, 1.807) is 22.2 Å². The smallest absolute Gasteiger partial charge is 0.250 e. The van der Waals surface area contributed by atoms with E-state index in [1.165, 1.54) is 0 Å². The second kappa shape index (κ2) is 6.56. The predicted molar refractivity (Wildman–Crippen MR) is 97.5 cm³/mol. The maximum Gasteiger partial charge on any atom is 0.250 e. The van der Waals surface area contributed by atoms with Crippen molar-refractivity contribution in [2.24, 2.45) is 5.92 Å². The summed E-state index contributed by atoms with van der Waals surface area (Å²) in [5, 5.41) is 7.73. The fraction of sp³-hybridized carbons (Fsp3) is 0.176. The van der Waals surface area contributed by atoms with Gasteiger partial charge in [0.25, 0.3) is 5.91 Å². The van der Waals surface area contributed by atoms with Gasteiger partial charge in [0.2, 0.25) is 0 Å². The van der Waals surface area contributed by atoms with Gasteiger partial charge in [0.1, 0.15) is 0 Å². The molecule has 0 aliphatic carbocycles. The third kappa shape index (κ3) is 3.30. The van der Waals surface area contributed by atoms with E-state index in [2.05, 4.69) is 5.32 Å². The first-order chi connectivity index (χ1) is 11.1. The summed E-state index contributed by atoms with van der Waals surface area (Å²) < 4.78 is 0. The molecule has 1 saturated heterocycles. The number of benzene rings is 2. The van der Waals surface area contributed by atoms with Crippen LogP contribution in [-0.2, 0) is 4.79 Å². The summed E-state index contributed by atoms with van der Waals surface area (Å²) in [6.45, 7) is 2.45. The zero-order chi connectivity index (χ0) is 16.4. The molecule has 1 atom stereocenters. The molecule has 118 valence electrons. The molecule has 1 amide bonds. The van der Waals surface area contributed by atoms with Gasteiger partial charge in [-0.25, -0.2) is 5.01 Å². The van der Waals surface area contributed by atoms with Gasteiger partial charge in [-0.3, -0.25) is 9.80 Å². The van der Waals surface area contributed by atoms with Crippen molar-refractivity contribution in [1.29, 1.82) is 0 Å². The Kier molecular flexibility index (Phi) is 4.50. The molecule has 1 aliphatic rings. The van der Waals surface area contributed by atoms with Crippen molar-refractivity contribution in [2.45, 2.75) is 6.92 Å². The van der Waals surface area contributed by atoms with E-state index >= 15 is 0 Å². The predicted octanol–water partition coefficient (Wildman–Crippen LogP) is 3.94. The van der Waals surface area contributed by atoms with Gasteiger partial charge in [0.05, 0.1) is 18.2 Å². The molecule has 23 heavy (non-hydrogen) atoms. The lowest BCUT2D eigenvalue weighted by molar-refractivity contribution is -0.120. The Morgan fingerprint density at radius 1 is 1.17 bits per heavy atom. The van der Waals surface area contributed by atoms with E-state index in [9.17, 15) is 4.79 Å². The molecule has 3 rings (SSSR count). The van der Waals surface area contributed by atoms with Crippen LogP contribution in [0, 0.1) is 5.92 Å². The average molecular weight is 346 g/mol. The number of hydrazine groups is 1. The fourth-order valence-electron chi connectivity index (χ4n) is 2.48. The van der Waals surface area contributed by atoms with Crippen molar-refractivity contribution < 1.29 is 4.79 Å². The second-order valence-corrected chi connectivity index (χ2v) is 6.23. The average Bonchev–Trinajstić information content (AvgIpc) is 2.86. The summed E-state index contributed by atoms with van der Waals surface area (Å²) in [6.07, 6.45) is 0. The van der Waals surface area contributed by atoms with Crippen LogP contribution in [0.3, 0.4) is 0 Å². The maximum absolute atomic E-state index is 12.5. The van der Waals surface area contributed by atoms with Gasteiger partial charge in [-0.1, -0.05) is 36.7 Å². The Morgan fingerprint density at radius 2 is 1.83 bits per heavy atom. The van der Waals surface area contributed by atoms with Gasteiger partial charge in [0.15, 0.2) is 5.11 Å². The number of nitrogens with one attached hydrogen (secondary N) is 1. The summed E-state index contributed by atoms with van der Waals surface area (Å²) in [4.78, 5) is 12.5. The number of rotatable bonds is 2. The first-order valence-corrected chi connectivity index (χ1v) is 8.08. The summed E-state index contributed by atoms with van der Waals surface area (Å²) in [6, 6.07) is 16.8. The normalized spacial score (nSPS) is 17.5. The molecule has 0 bridgehead atoms. The van der Waals surface area contributed by atoms with E-state index in [0.29, 0.717) is 16.7 Å². The number of hydrogen-bond acceptors (Lipinski definition) is 2. The van der Waals surface area contributed by atoms with Gasteiger partial charge in [-0.2, -0.15) is 0 Å². The van der Waals surface area contributed by atoms with Crippen molar-refractivity contribution in [1.82, 2.24) is 5.01 Å². The van der Waals surface area contributed by atoms with Crippen LogP contribution >= 0.6 is 23.8 Å². The van der Waals surface area contributed by atoms with Crippen LogP contribution in [0.2, 0.25) is 5.02 Å². The zero-order valence-corrected chi connectivity index (χ0v) is 14.1. The van der Waals surface area contributed by atoms with Crippen molar-refractivity contribution in [2.75, 3.05) is 16.9 Å². The number of amides is 1. The van der Waals surface area contributed by atoms with Gasteiger partial charge < -0.3 is 5.32 Å². The maximum atomic E-state index is 12.5. The van der Waals surface area contributed by atoms with Crippen LogP contribution in [0.5, 0.6) is 0 Å². The van der Waals surface area contributed by atoms with Gasteiger partial charge in [-0.15, -0.1) is 0 Å². The topological polar surface area (TPSA) is 35.6 Å². The number of nitrogens with zero attached hydrogens (tertiary/aromatic N) is 2. The molecular weight excluding hydrogens is 330 g/mol. The first-order valence-electron chi connectivity index (χ1n) is 7.29. The van der Waals surface area contributed by atoms with Gasteiger partial charge in [0, 0.05) is 10.7 Å². The third-order valence-electron chi connectivity index (χ3n) is 3.65. The minimum Gasteiger partial charge on any atom is -0.331 e. The lowest BCUT2D eigenvalue weighted by Crippen LogP contribution is -2.45. The number of thiocarbonyl (C=S) groups is 1. The molecule has 1 aliphatic heterocycles. The SMILES string of the molecule is CC1CN(C(=S)Nc2ccc(Cl)cc2)N(c2ccccc2)C1=O. The molecule has 4 nitrogen and oxygen atoms in total. The highest BCUT2D eigenvalue weighted by atomic mass is 35.5. The molecule has 1 fully saturated rings. The largest absolute Gasteiger partial charge is 0.331 e. The number of anilines is 2. The highest BCUT2D eigenvalue weighted by molar-refractivity contribution is 7.80. The Balaban J connectivity index is 1.83. The Labute approximate surface area is 145 Å². The standard InChI is InChI=1S/C17H16ClN3OS/c1-12-11-20(17(23)19-14-9-7-13(18)8-10-14)21(16(12)22)15-5-3-2-4-6-15/h2-10,12H,11H2,1H3,(H,19,23). The number of carbonyl (C=O) groups excluding carboxylic acids is 1. The third-order valence-corrected chi connectivity index (χ3v) is 4.21. The quantitative estimate of drug-likeness (QED) is 0.836. The molecule has 0 radical (unpaired) electrons. The van der Waals surface area contributed by atoms with E-state index in [1.807, 2.05) is 49.4 Å². The molecule has 6 heteroatoms. The second-order valence-electron chi connectivity index (χ2n) is 5.41. The highest BCUT2D eigenvalue weighted by Crippen LogP contribution is 2.26. The van der Waals surface area contributed by atoms with Crippen LogP contribution < -0.4 is 10.3 Å². The van der Waals surface area contributed by atoms with E-state index in [0.717, 1.165) is 11.4 Å². The zero-order valence-electron chi connectivity index (χ0n) is 12.6. The summed E-state index contributed by atoms with van der Waals surface area (Å²) in [5.74, 6) is -0.0726. The molecule has 1 heterocycles. The van der Waals surface area contributed by atoms with Crippen LogP contribution in [0.25, 0.3) is 0 Å². The number of halogens is 1. The van der Waals surface area contributed by atoms with E-state index < -0.39 is 0 Å². The number of para-hydroxylation sites is 1. The summed E-state index contributed by atoms with van der Waals surface area (Å²) >= 11 is 11.4. The minimum absolute atomic E-state index is 0.0384. The molecule has 1 unspecified atom stereocenters. The van der Waals surface area contributed by atoms with Gasteiger partial charge in [-0.05, 0) is 48.6 Å². The monoisotopic (exact) mass is 345 g/mol. The van der Waals surface area contributed by atoms with E-state index in [-0.39, 0.29) is 11.8 Å². The van der Waals surface area contributed by atoms with Crippen LogP contribution in [0.1, 0.15) is 6.92 Å². The molecule has 2 aromatic rings. The summed E-state index contributed by atoms with van der Waals surface area (Å²) in [5.41, 5.74) is 1.64. The molecule has 1 N–H and O–H groups in total. The van der Waals surface area contributed by atoms with Crippen LogP contribution in [-0.4, -0.2) is 22.6 Å². The lowest BCUT2D eigenvalue weighted by Gasteiger charge is -2.30. The minimum atomic E-state index is -0.111. The van der Waals surface area contributed by atoms with Crippen LogP contribution in [0.4, 0.5) is 11.4 Å². The molecule has 0 saturated carbocycles. The van der Waals surface area contributed by atoms with Crippen LogP contribution in [0.15, 0.2) is 54.6 Å². The van der Waals surface area contributed by atoms with Crippen molar-refractivity contribution in [3.05, 3.63) is 59.6 Å². The molecule has 2 aromatic carbocycles. The van der Waals surface area contributed by atoms with Crippen molar-refractivity contribution in [3.8, 4) is 0 Å². The first kappa shape index (κ1) is 15.8. The fourth-order valence-corrected chi connectivity index (χ4v) is 2.88. The highest BCUT2D eigenvalue weighted by Gasteiger charge is 2.37. The van der Waals surface area contributed by atoms with Gasteiger partial charge >= 0.3 is 0 Å².